The zero-order valence-electron chi connectivity index (χ0n) is 12.0. The van der Waals surface area contributed by atoms with Gasteiger partial charge in [0, 0.05) is 25.8 Å². The summed E-state index contributed by atoms with van der Waals surface area (Å²) in [4.78, 5) is 26.1. The van der Waals surface area contributed by atoms with Gasteiger partial charge in [-0.15, -0.1) is 0 Å². The van der Waals surface area contributed by atoms with Crippen molar-refractivity contribution in [3.8, 4) is 6.07 Å². The molecule has 0 spiro atoms. The molecule has 0 aliphatic carbocycles. The maximum absolute atomic E-state index is 12.1. The summed E-state index contributed by atoms with van der Waals surface area (Å²) in [6, 6.07) is 11.2. The Bertz CT molecular complexity index is 511. The zero-order chi connectivity index (χ0) is 15.7. The molecule has 0 saturated heterocycles. The van der Waals surface area contributed by atoms with Gasteiger partial charge in [0.15, 0.2) is 0 Å². The fraction of sp³-hybridized carbons (Fsp3) is 0.400. The molecule has 0 radical (unpaired) electrons. The number of nitriles is 1. The number of rotatable bonds is 8. The second-order valence-corrected chi connectivity index (χ2v) is 4.62. The number of hydrogen-bond donors (Lipinski definition) is 1. The second-order valence-electron chi connectivity index (χ2n) is 4.62. The van der Waals surface area contributed by atoms with Crippen molar-refractivity contribution in [3.63, 3.8) is 0 Å². The van der Waals surface area contributed by atoms with Crippen molar-refractivity contribution in [2.45, 2.75) is 12.8 Å². The van der Waals surface area contributed by atoms with E-state index in [0.717, 1.165) is 5.69 Å². The third-order valence-electron chi connectivity index (χ3n) is 3.03. The van der Waals surface area contributed by atoms with Crippen LogP contribution in [0, 0.1) is 11.3 Å². The largest absolute Gasteiger partial charge is 0.481 e. The van der Waals surface area contributed by atoms with Gasteiger partial charge in [-0.25, -0.2) is 0 Å². The molecule has 112 valence electrons. The minimum Gasteiger partial charge on any atom is -0.481 e. The molecular formula is C15H19N3O3. The van der Waals surface area contributed by atoms with E-state index >= 15 is 0 Å². The van der Waals surface area contributed by atoms with Gasteiger partial charge in [0.05, 0.1) is 25.5 Å². The second kappa shape index (κ2) is 8.59. The molecule has 0 aromatic heterocycles. The maximum atomic E-state index is 12.1. The summed E-state index contributed by atoms with van der Waals surface area (Å²) in [5, 5.41) is 17.3. The number of carbonyl (C=O) groups is 2. The SMILES string of the molecule is CN(CCC#N)C(=O)CN(CCC(=O)O)c1ccccc1. The maximum Gasteiger partial charge on any atom is 0.305 e. The minimum absolute atomic E-state index is 0.0376. The fourth-order valence-electron chi connectivity index (χ4n) is 1.80. The average Bonchev–Trinajstić information content (AvgIpc) is 2.49. The molecule has 0 aliphatic heterocycles. The van der Waals surface area contributed by atoms with Gasteiger partial charge >= 0.3 is 5.97 Å². The molecule has 1 amide bonds. The summed E-state index contributed by atoms with van der Waals surface area (Å²) < 4.78 is 0. The molecule has 6 heteroatoms. The Morgan fingerprint density at radius 2 is 1.90 bits per heavy atom. The normalized spacial score (nSPS) is 9.71. The standard InChI is InChI=1S/C15H19N3O3/c1-17(10-5-9-16)14(19)12-18(11-8-15(20)21)13-6-3-2-4-7-13/h2-4,6-7H,5,8,10-12H2,1H3,(H,20,21). The summed E-state index contributed by atoms with van der Waals surface area (Å²) in [5.74, 6) is -1.04. The molecule has 0 aliphatic rings. The summed E-state index contributed by atoms with van der Waals surface area (Å²) >= 11 is 0. The summed E-state index contributed by atoms with van der Waals surface area (Å²) in [6.45, 7) is 0.729. The molecule has 0 fully saturated rings. The minimum atomic E-state index is -0.902. The van der Waals surface area contributed by atoms with E-state index in [1.807, 2.05) is 36.4 Å². The monoisotopic (exact) mass is 289 g/mol. The van der Waals surface area contributed by atoms with Crippen molar-refractivity contribution < 1.29 is 14.7 Å². The van der Waals surface area contributed by atoms with Gasteiger partial charge in [-0.05, 0) is 12.1 Å². The first-order chi connectivity index (χ1) is 10.0. The Kier molecular flexibility index (Phi) is 6.75. The summed E-state index contributed by atoms with van der Waals surface area (Å²) in [7, 11) is 1.64. The number of carboxylic acids is 1. The molecule has 0 atom stereocenters. The summed E-state index contributed by atoms with van der Waals surface area (Å²) in [6.07, 6.45) is 0.243. The van der Waals surface area contributed by atoms with Gasteiger partial charge in [0.1, 0.15) is 0 Å². The lowest BCUT2D eigenvalue weighted by molar-refractivity contribution is -0.137. The van der Waals surface area contributed by atoms with E-state index in [9.17, 15) is 9.59 Å². The summed E-state index contributed by atoms with van der Waals surface area (Å²) in [5.41, 5.74) is 0.806. The van der Waals surface area contributed by atoms with E-state index < -0.39 is 5.97 Å². The molecule has 0 heterocycles. The number of carboxylic acid groups (broad SMARTS) is 1. The first kappa shape index (κ1) is 16.5. The number of nitrogens with zero attached hydrogens (tertiary/aromatic N) is 3. The highest BCUT2D eigenvalue weighted by molar-refractivity contribution is 5.81. The van der Waals surface area contributed by atoms with Crippen molar-refractivity contribution in [2.75, 3.05) is 31.6 Å². The highest BCUT2D eigenvalue weighted by atomic mass is 16.4. The van der Waals surface area contributed by atoms with E-state index in [2.05, 4.69) is 0 Å². The Balaban J connectivity index is 2.71. The van der Waals surface area contributed by atoms with E-state index in [4.69, 9.17) is 10.4 Å². The van der Waals surface area contributed by atoms with Gasteiger partial charge in [-0.3, -0.25) is 9.59 Å². The lowest BCUT2D eigenvalue weighted by Gasteiger charge is -2.26. The number of anilines is 1. The van der Waals surface area contributed by atoms with Gasteiger partial charge in [0.25, 0.3) is 0 Å². The van der Waals surface area contributed by atoms with E-state index in [-0.39, 0.29) is 31.8 Å². The number of hydrogen-bond acceptors (Lipinski definition) is 4. The van der Waals surface area contributed by atoms with Crippen LogP contribution in [0.4, 0.5) is 5.69 Å². The first-order valence-electron chi connectivity index (χ1n) is 6.67. The molecule has 0 unspecified atom stereocenters. The molecule has 0 bridgehead atoms. The predicted molar refractivity (Wildman–Crippen MR) is 78.8 cm³/mol. The molecular weight excluding hydrogens is 270 g/mol. The van der Waals surface area contributed by atoms with E-state index in [1.165, 1.54) is 4.90 Å². The van der Waals surface area contributed by atoms with Crippen LogP contribution in [-0.4, -0.2) is 48.6 Å². The van der Waals surface area contributed by atoms with Crippen LogP contribution >= 0.6 is 0 Å². The van der Waals surface area contributed by atoms with E-state index in [1.54, 1.807) is 11.9 Å². The number of para-hydroxylation sites is 1. The van der Waals surface area contributed by atoms with Crippen LogP contribution in [0.25, 0.3) is 0 Å². The predicted octanol–water partition coefficient (Wildman–Crippen LogP) is 1.34. The third kappa shape index (κ3) is 5.95. The fourth-order valence-corrected chi connectivity index (χ4v) is 1.80. The highest BCUT2D eigenvalue weighted by Gasteiger charge is 2.15. The Hall–Kier alpha value is -2.55. The van der Waals surface area contributed by atoms with Crippen molar-refractivity contribution in [2.24, 2.45) is 0 Å². The van der Waals surface area contributed by atoms with Crippen LogP contribution in [0.15, 0.2) is 30.3 Å². The van der Waals surface area contributed by atoms with Crippen molar-refractivity contribution >= 4 is 17.6 Å². The molecule has 1 N–H and O–H groups in total. The number of amides is 1. The Morgan fingerprint density at radius 3 is 2.48 bits per heavy atom. The molecule has 1 aromatic rings. The quantitative estimate of drug-likeness (QED) is 0.780. The van der Waals surface area contributed by atoms with Gasteiger partial charge < -0.3 is 14.9 Å². The van der Waals surface area contributed by atoms with Crippen LogP contribution in [0.3, 0.4) is 0 Å². The molecule has 0 saturated carbocycles. The Morgan fingerprint density at radius 1 is 1.24 bits per heavy atom. The topological polar surface area (TPSA) is 84.6 Å². The smallest absolute Gasteiger partial charge is 0.305 e. The lowest BCUT2D eigenvalue weighted by atomic mass is 10.2. The van der Waals surface area contributed by atoms with Crippen LogP contribution in [0.5, 0.6) is 0 Å². The van der Waals surface area contributed by atoms with Crippen LogP contribution in [0.2, 0.25) is 0 Å². The van der Waals surface area contributed by atoms with Gasteiger partial charge in [0.2, 0.25) is 5.91 Å². The number of aliphatic carboxylic acids is 1. The van der Waals surface area contributed by atoms with Crippen molar-refractivity contribution in [1.29, 1.82) is 5.26 Å². The molecule has 1 rings (SSSR count). The first-order valence-corrected chi connectivity index (χ1v) is 6.67. The Labute approximate surface area is 124 Å². The molecule has 6 nitrogen and oxygen atoms in total. The van der Waals surface area contributed by atoms with Crippen molar-refractivity contribution in [1.82, 2.24) is 4.90 Å². The van der Waals surface area contributed by atoms with Crippen LogP contribution in [0.1, 0.15) is 12.8 Å². The molecule has 1 aromatic carbocycles. The third-order valence-corrected chi connectivity index (χ3v) is 3.03. The number of benzene rings is 1. The van der Waals surface area contributed by atoms with E-state index in [0.29, 0.717) is 6.54 Å². The van der Waals surface area contributed by atoms with Crippen LogP contribution in [-0.2, 0) is 9.59 Å². The number of likely N-dealkylation sites (N-methyl/N-ethyl adjacent to an activating group) is 1. The number of carbonyl (C=O) groups excluding carboxylic acids is 1. The zero-order valence-corrected chi connectivity index (χ0v) is 12.0. The molecule has 21 heavy (non-hydrogen) atoms. The van der Waals surface area contributed by atoms with Crippen molar-refractivity contribution in [3.05, 3.63) is 30.3 Å². The van der Waals surface area contributed by atoms with Gasteiger partial charge in [-0.1, -0.05) is 18.2 Å². The lowest BCUT2D eigenvalue weighted by Crippen LogP contribution is -2.39. The van der Waals surface area contributed by atoms with Gasteiger partial charge in [-0.2, -0.15) is 5.26 Å². The average molecular weight is 289 g/mol. The highest BCUT2D eigenvalue weighted by Crippen LogP contribution is 2.13. The van der Waals surface area contributed by atoms with Crippen LogP contribution < -0.4 is 4.90 Å².